The third-order valence-corrected chi connectivity index (χ3v) is 3.05. The smallest absolute Gasteiger partial charge is 0.0480 e. The molecule has 1 saturated heterocycles. The lowest BCUT2D eigenvalue weighted by molar-refractivity contribution is 0.0303. The lowest BCUT2D eigenvalue weighted by Gasteiger charge is -2.35. The van der Waals surface area contributed by atoms with Crippen LogP contribution in [0.15, 0.2) is 0 Å². The summed E-state index contributed by atoms with van der Waals surface area (Å²) in [5.41, 5.74) is 5.55. The molecule has 0 saturated carbocycles. The van der Waals surface area contributed by atoms with Crippen LogP contribution in [0.4, 0.5) is 0 Å². The maximum Gasteiger partial charge on any atom is 0.0480 e. The molecule has 0 aromatic carbocycles. The van der Waals surface area contributed by atoms with Gasteiger partial charge in [0.05, 0.1) is 0 Å². The number of rotatable bonds is 4. The van der Waals surface area contributed by atoms with E-state index in [9.17, 15) is 0 Å². The summed E-state index contributed by atoms with van der Waals surface area (Å²) in [4.78, 5) is 2.45. The lowest BCUT2D eigenvalue weighted by Crippen LogP contribution is -2.42. The molecule has 2 N–H and O–H groups in total. The summed E-state index contributed by atoms with van der Waals surface area (Å²) >= 11 is 0. The Kier molecular flexibility index (Phi) is 4.70. The highest BCUT2D eigenvalue weighted by molar-refractivity contribution is 4.76. The second-order valence-electron chi connectivity index (χ2n) is 3.94. The van der Waals surface area contributed by atoms with Gasteiger partial charge in [-0.1, -0.05) is 0 Å². The highest BCUT2D eigenvalue weighted by Gasteiger charge is 2.21. The Labute approximate surface area is 81.2 Å². The number of nitrogens with zero attached hydrogens (tertiary/aromatic N) is 1. The molecule has 0 aromatic heterocycles. The zero-order chi connectivity index (χ0) is 9.68. The average Bonchev–Trinajstić information content (AvgIpc) is 2.18. The molecule has 1 aliphatic heterocycles. The third kappa shape index (κ3) is 3.25. The minimum absolute atomic E-state index is 0.605. The van der Waals surface area contributed by atoms with E-state index in [0.717, 1.165) is 26.2 Å². The predicted octanol–water partition coefficient (Wildman–Crippen LogP) is 0.834. The summed E-state index contributed by atoms with van der Waals surface area (Å²) in [6.07, 6.45) is 3.44. The molecule has 0 radical (unpaired) electrons. The molecule has 0 spiro atoms. The highest BCUT2D eigenvalue weighted by Crippen LogP contribution is 2.16. The van der Waals surface area contributed by atoms with Crippen LogP contribution in [0.3, 0.4) is 0 Å². The molecule has 0 aromatic rings. The topological polar surface area (TPSA) is 38.5 Å². The molecule has 3 heteroatoms. The Morgan fingerprint density at radius 1 is 1.46 bits per heavy atom. The van der Waals surface area contributed by atoms with Gasteiger partial charge in [0.1, 0.15) is 0 Å². The summed E-state index contributed by atoms with van der Waals surface area (Å²) in [5.74, 6) is 0. The monoisotopic (exact) mass is 186 g/mol. The van der Waals surface area contributed by atoms with Gasteiger partial charge < -0.3 is 15.4 Å². The lowest BCUT2D eigenvalue weighted by atomic mass is 10.0. The molecule has 3 nitrogen and oxygen atoms in total. The van der Waals surface area contributed by atoms with E-state index in [1.54, 1.807) is 0 Å². The van der Waals surface area contributed by atoms with Crippen LogP contribution in [0, 0.1) is 0 Å². The Morgan fingerprint density at radius 2 is 2.08 bits per heavy atom. The van der Waals surface area contributed by atoms with Gasteiger partial charge in [-0.05, 0) is 39.8 Å². The zero-order valence-corrected chi connectivity index (χ0v) is 8.83. The largest absolute Gasteiger partial charge is 0.381 e. The van der Waals surface area contributed by atoms with E-state index in [4.69, 9.17) is 10.5 Å². The quantitative estimate of drug-likeness (QED) is 0.707. The second-order valence-corrected chi connectivity index (χ2v) is 3.94. The van der Waals surface area contributed by atoms with Crippen LogP contribution in [0.2, 0.25) is 0 Å². The molecule has 0 aliphatic carbocycles. The van der Waals surface area contributed by atoms with Crippen molar-refractivity contribution in [1.29, 1.82) is 0 Å². The van der Waals surface area contributed by atoms with Crippen molar-refractivity contribution >= 4 is 0 Å². The van der Waals surface area contributed by atoms with Gasteiger partial charge >= 0.3 is 0 Å². The summed E-state index contributed by atoms with van der Waals surface area (Å²) in [5, 5.41) is 0. The van der Waals surface area contributed by atoms with E-state index in [-0.39, 0.29) is 0 Å². The van der Waals surface area contributed by atoms with Crippen LogP contribution in [-0.2, 0) is 4.74 Å². The fourth-order valence-electron chi connectivity index (χ4n) is 1.90. The Morgan fingerprint density at radius 3 is 2.62 bits per heavy atom. The van der Waals surface area contributed by atoms with E-state index in [1.807, 2.05) is 0 Å². The minimum Gasteiger partial charge on any atom is -0.381 e. The average molecular weight is 186 g/mol. The predicted molar refractivity (Wildman–Crippen MR) is 54.7 cm³/mol. The normalized spacial score (nSPS) is 22.2. The van der Waals surface area contributed by atoms with Crippen molar-refractivity contribution in [3.05, 3.63) is 0 Å². The van der Waals surface area contributed by atoms with Gasteiger partial charge in [-0.15, -0.1) is 0 Å². The molecule has 1 fully saturated rings. The zero-order valence-electron chi connectivity index (χ0n) is 8.83. The minimum atomic E-state index is 0.605. The Hall–Kier alpha value is -0.120. The maximum atomic E-state index is 5.55. The number of nitrogens with two attached hydrogens (primary N) is 1. The molecule has 13 heavy (non-hydrogen) atoms. The van der Waals surface area contributed by atoms with Gasteiger partial charge in [-0.2, -0.15) is 0 Å². The fourth-order valence-corrected chi connectivity index (χ4v) is 1.90. The molecular weight excluding hydrogens is 164 g/mol. The van der Waals surface area contributed by atoms with Crippen LogP contribution in [0.5, 0.6) is 0 Å². The Bertz CT molecular complexity index is 135. The Balaban J connectivity index is 2.31. The van der Waals surface area contributed by atoms with Crippen LogP contribution in [-0.4, -0.2) is 43.8 Å². The first-order chi connectivity index (χ1) is 6.25. The van der Waals surface area contributed by atoms with Crippen LogP contribution in [0.25, 0.3) is 0 Å². The van der Waals surface area contributed by atoms with E-state index < -0.39 is 0 Å². The van der Waals surface area contributed by atoms with Crippen molar-refractivity contribution in [2.45, 2.75) is 38.3 Å². The first kappa shape index (κ1) is 11.0. The summed E-state index contributed by atoms with van der Waals surface area (Å²) < 4.78 is 5.34. The summed E-state index contributed by atoms with van der Waals surface area (Å²) in [6, 6.07) is 1.31. The molecule has 1 unspecified atom stereocenters. The van der Waals surface area contributed by atoms with Crippen LogP contribution < -0.4 is 5.73 Å². The van der Waals surface area contributed by atoms with Gasteiger partial charge in [-0.3, -0.25) is 0 Å². The van der Waals surface area contributed by atoms with Gasteiger partial charge in [0, 0.05) is 25.3 Å². The van der Waals surface area contributed by atoms with E-state index >= 15 is 0 Å². The number of hydrogen-bond donors (Lipinski definition) is 1. The van der Waals surface area contributed by atoms with Crippen LogP contribution in [0.1, 0.15) is 26.2 Å². The number of ether oxygens (including phenoxy) is 1. The molecular formula is C10H22N2O. The van der Waals surface area contributed by atoms with E-state index in [0.29, 0.717) is 12.1 Å². The highest BCUT2D eigenvalue weighted by atomic mass is 16.5. The van der Waals surface area contributed by atoms with Crippen molar-refractivity contribution in [3.8, 4) is 0 Å². The maximum absolute atomic E-state index is 5.55. The van der Waals surface area contributed by atoms with Crippen molar-refractivity contribution in [2.75, 3.05) is 26.8 Å². The number of hydrogen-bond acceptors (Lipinski definition) is 3. The molecule has 0 bridgehead atoms. The molecule has 1 rings (SSSR count). The van der Waals surface area contributed by atoms with Crippen molar-refractivity contribution in [3.63, 3.8) is 0 Å². The molecule has 78 valence electrons. The van der Waals surface area contributed by atoms with Gasteiger partial charge in [0.2, 0.25) is 0 Å². The molecule has 1 heterocycles. The standard InChI is InChI=1S/C10H22N2O/c1-9(3-6-11)12(2)10-4-7-13-8-5-10/h9-10H,3-8,11H2,1-2H3. The molecule has 0 amide bonds. The fraction of sp³-hybridized carbons (Fsp3) is 1.00. The van der Waals surface area contributed by atoms with Gasteiger partial charge in [-0.25, -0.2) is 0 Å². The van der Waals surface area contributed by atoms with E-state index in [1.165, 1.54) is 12.8 Å². The van der Waals surface area contributed by atoms with Crippen molar-refractivity contribution < 1.29 is 4.74 Å². The third-order valence-electron chi connectivity index (χ3n) is 3.05. The van der Waals surface area contributed by atoms with Crippen molar-refractivity contribution in [2.24, 2.45) is 5.73 Å². The summed E-state index contributed by atoms with van der Waals surface area (Å²) in [7, 11) is 2.20. The SMILES string of the molecule is CC(CCN)N(C)C1CCOCC1. The van der Waals surface area contributed by atoms with Gasteiger partial charge in [0.15, 0.2) is 0 Å². The summed E-state index contributed by atoms with van der Waals surface area (Å²) in [6.45, 7) is 4.88. The van der Waals surface area contributed by atoms with E-state index in [2.05, 4.69) is 18.9 Å². The molecule has 1 aliphatic rings. The van der Waals surface area contributed by atoms with Crippen molar-refractivity contribution in [1.82, 2.24) is 4.90 Å². The first-order valence-corrected chi connectivity index (χ1v) is 5.25. The molecule has 1 atom stereocenters. The van der Waals surface area contributed by atoms with Gasteiger partial charge in [0.25, 0.3) is 0 Å². The second kappa shape index (κ2) is 5.58. The van der Waals surface area contributed by atoms with Crippen LogP contribution >= 0.6 is 0 Å². The first-order valence-electron chi connectivity index (χ1n) is 5.25.